The van der Waals surface area contributed by atoms with Gasteiger partial charge in [-0.1, -0.05) is 0 Å². The smallest absolute Gasteiger partial charge is 0.157 e. The van der Waals surface area contributed by atoms with Gasteiger partial charge in [-0.2, -0.15) is 5.90 Å². The topological polar surface area (TPSA) is 51.4 Å². The Kier molecular flexibility index (Phi) is 2.43. The maximum absolute atomic E-state index is 5.20. The number of anilines is 1. The molecular weight excluding hydrogens is 190 g/mol. The van der Waals surface area contributed by atoms with Gasteiger partial charge in [-0.25, -0.2) is 0 Å². The van der Waals surface area contributed by atoms with E-state index >= 15 is 0 Å². The van der Waals surface area contributed by atoms with Gasteiger partial charge in [0.1, 0.15) is 0 Å². The fourth-order valence-electron chi connectivity index (χ4n) is 1.49. The van der Waals surface area contributed by atoms with E-state index in [9.17, 15) is 0 Å². The van der Waals surface area contributed by atoms with Gasteiger partial charge in [-0.3, -0.25) is 4.98 Å². The lowest BCUT2D eigenvalue weighted by Gasteiger charge is -2.13. The second kappa shape index (κ2) is 3.74. The van der Waals surface area contributed by atoms with Gasteiger partial charge in [-0.05, 0) is 18.2 Å². The number of nitrogens with two attached hydrogens (primary N) is 1. The highest BCUT2D eigenvalue weighted by atomic mass is 16.6. The van der Waals surface area contributed by atoms with Gasteiger partial charge in [0.05, 0.1) is 5.52 Å². The molecule has 0 aliphatic rings. The Hall–Kier alpha value is -1.81. The van der Waals surface area contributed by atoms with Gasteiger partial charge in [0.25, 0.3) is 0 Å². The molecule has 0 aliphatic carbocycles. The number of hydrogen-bond acceptors (Lipinski definition) is 4. The van der Waals surface area contributed by atoms with E-state index in [1.165, 1.54) is 0 Å². The highest BCUT2D eigenvalue weighted by molar-refractivity contribution is 5.87. The van der Waals surface area contributed by atoms with Crippen molar-refractivity contribution in [3.63, 3.8) is 0 Å². The van der Waals surface area contributed by atoms with Crippen LogP contribution in [0.2, 0.25) is 0 Å². The molecule has 0 spiro atoms. The van der Waals surface area contributed by atoms with Crippen LogP contribution in [0.4, 0.5) is 5.69 Å². The quantitative estimate of drug-likeness (QED) is 0.752. The molecule has 2 rings (SSSR count). The molecule has 0 saturated carbocycles. The lowest BCUT2D eigenvalue weighted by Crippen LogP contribution is -2.08. The molecule has 0 radical (unpaired) electrons. The van der Waals surface area contributed by atoms with Crippen molar-refractivity contribution in [2.24, 2.45) is 5.90 Å². The molecule has 1 aromatic carbocycles. The maximum atomic E-state index is 5.20. The van der Waals surface area contributed by atoms with E-state index in [1.54, 1.807) is 12.3 Å². The largest absolute Gasteiger partial charge is 0.411 e. The van der Waals surface area contributed by atoms with Gasteiger partial charge in [-0.15, -0.1) is 0 Å². The molecule has 4 heteroatoms. The molecule has 0 bridgehead atoms. The number of rotatable bonds is 2. The lowest BCUT2D eigenvalue weighted by atomic mass is 10.2. The molecule has 15 heavy (non-hydrogen) atoms. The normalized spacial score (nSPS) is 10.3. The predicted octanol–water partition coefficient (Wildman–Crippen LogP) is 1.55. The Labute approximate surface area is 88.2 Å². The zero-order valence-corrected chi connectivity index (χ0v) is 8.77. The highest BCUT2D eigenvalue weighted by Gasteiger charge is 2.04. The van der Waals surface area contributed by atoms with Gasteiger partial charge < -0.3 is 9.74 Å². The summed E-state index contributed by atoms with van der Waals surface area (Å²) in [5, 5.41) is 0.922. The average molecular weight is 203 g/mol. The molecule has 0 amide bonds. The Morgan fingerprint density at radius 2 is 2.07 bits per heavy atom. The Morgan fingerprint density at radius 3 is 2.73 bits per heavy atom. The summed E-state index contributed by atoms with van der Waals surface area (Å²) in [6.45, 7) is 0. The van der Waals surface area contributed by atoms with E-state index in [0.29, 0.717) is 5.75 Å². The Morgan fingerprint density at radius 1 is 1.27 bits per heavy atom. The summed E-state index contributed by atoms with van der Waals surface area (Å²) in [6, 6.07) is 7.72. The van der Waals surface area contributed by atoms with Crippen LogP contribution in [0.1, 0.15) is 0 Å². The van der Waals surface area contributed by atoms with Crippen LogP contribution in [0.25, 0.3) is 10.9 Å². The van der Waals surface area contributed by atoms with Gasteiger partial charge >= 0.3 is 0 Å². The van der Waals surface area contributed by atoms with E-state index < -0.39 is 0 Å². The Balaban J connectivity index is 2.67. The first-order valence-corrected chi connectivity index (χ1v) is 4.65. The number of benzene rings is 1. The maximum Gasteiger partial charge on any atom is 0.157 e. The van der Waals surface area contributed by atoms with E-state index in [-0.39, 0.29) is 0 Å². The van der Waals surface area contributed by atoms with Crippen LogP contribution in [-0.2, 0) is 0 Å². The van der Waals surface area contributed by atoms with Crippen molar-refractivity contribution in [3.8, 4) is 5.75 Å². The molecule has 0 atom stereocenters. The molecule has 0 fully saturated rings. The zero-order chi connectivity index (χ0) is 10.8. The summed E-state index contributed by atoms with van der Waals surface area (Å²) < 4.78 is 0. The van der Waals surface area contributed by atoms with Crippen LogP contribution >= 0.6 is 0 Å². The second-order valence-electron chi connectivity index (χ2n) is 3.52. The minimum absolute atomic E-state index is 0.642. The summed E-state index contributed by atoms with van der Waals surface area (Å²) in [4.78, 5) is 11.1. The number of hydrogen-bond donors (Lipinski definition) is 1. The monoisotopic (exact) mass is 203 g/mol. The first kappa shape index (κ1) is 9.73. The van der Waals surface area contributed by atoms with Crippen LogP contribution in [0.3, 0.4) is 0 Å². The zero-order valence-electron chi connectivity index (χ0n) is 8.77. The molecule has 0 unspecified atom stereocenters. The predicted molar refractivity (Wildman–Crippen MR) is 60.9 cm³/mol. The van der Waals surface area contributed by atoms with Crippen LogP contribution < -0.4 is 15.6 Å². The van der Waals surface area contributed by atoms with Gasteiger partial charge in [0.2, 0.25) is 0 Å². The number of pyridine rings is 1. The van der Waals surface area contributed by atoms with E-state index in [0.717, 1.165) is 16.6 Å². The van der Waals surface area contributed by atoms with E-state index in [4.69, 9.17) is 10.7 Å². The van der Waals surface area contributed by atoms with Crippen LogP contribution in [0.5, 0.6) is 5.75 Å². The summed E-state index contributed by atoms with van der Waals surface area (Å²) >= 11 is 0. The number of aromatic nitrogens is 1. The summed E-state index contributed by atoms with van der Waals surface area (Å²) in [6.07, 6.45) is 1.68. The van der Waals surface area contributed by atoms with Gasteiger partial charge in [0.15, 0.2) is 5.75 Å². The minimum atomic E-state index is 0.642. The fraction of sp³-hybridized carbons (Fsp3) is 0.182. The van der Waals surface area contributed by atoms with Crippen LogP contribution in [-0.4, -0.2) is 19.1 Å². The van der Waals surface area contributed by atoms with Crippen molar-refractivity contribution < 1.29 is 4.84 Å². The first-order valence-electron chi connectivity index (χ1n) is 4.65. The number of fused-ring (bicyclic) bond motifs is 1. The summed E-state index contributed by atoms with van der Waals surface area (Å²) in [5.74, 6) is 5.84. The van der Waals surface area contributed by atoms with Crippen molar-refractivity contribution in [2.45, 2.75) is 0 Å². The fourth-order valence-corrected chi connectivity index (χ4v) is 1.49. The third-order valence-electron chi connectivity index (χ3n) is 2.33. The molecule has 2 N–H and O–H groups in total. The van der Waals surface area contributed by atoms with Crippen LogP contribution in [0, 0.1) is 0 Å². The third-order valence-corrected chi connectivity index (χ3v) is 2.33. The minimum Gasteiger partial charge on any atom is -0.411 e. The van der Waals surface area contributed by atoms with Crippen molar-refractivity contribution in [3.05, 3.63) is 30.5 Å². The highest BCUT2D eigenvalue weighted by Crippen LogP contribution is 2.26. The second-order valence-corrected chi connectivity index (χ2v) is 3.52. The number of nitrogens with zero attached hydrogens (tertiary/aromatic N) is 2. The molecule has 1 heterocycles. The first-order chi connectivity index (χ1) is 7.22. The molecule has 78 valence electrons. The van der Waals surface area contributed by atoms with E-state index in [2.05, 4.69) is 4.98 Å². The molecule has 2 aromatic rings. The van der Waals surface area contributed by atoms with Crippen molar-refractivity contribution >= 4 is 16.6 Å². The molecule has 0 saturated heterocycles. The van der Waals surface area contributed by atoms with Crippen molar-refractivity contribution in [1.82, 2.24) is 4.98 Å². The van der Waals surface area contributed by atoms with Gasteiger partial charge in [0, 0.05) is 37.4 Å². The average Bonchev–Trinajstić information content (AvgIpc) is 2.27. The summed E-state index contributed by atoms with van der Waals surface area (Å²) in [7, 11) is 3.97. The standard InChI is InChI=1S/C11H13N3O/c1-14(2)8-3-4-10-9(7-8)11(15-12)5-6-13-10/h3-7H,12H2,1-2H3. The molecular formula is C11H13N3O. The third kappa shape index (κ3) is 1.71. The van der Waals surface area contributed by atoms with Crippen molar-refractivity contribution in [2.75, 3.05) is 19.0 Å². The molecule has 1 aromatic heterocycles. The van der Waals surface area contributed by atoms with Crippen molar-refractivity contribution in [1.29, 1.82) is 0 Å². The summed E-state index contributed by atoms with van der Waals surface area (Å²) in [5.41, 5.74) is 1.97. The lowest BCUT2D eigenvalue weighted by molar-refractivity contribution is 0.338. The van der Waals surface area contributed by atoms with E-state index in [1.807, 2.05) is 37.2 Å². The molecule has 0 aliphatic heterocycles. The SMILES string of the molecule is CN(C)c1ccc2nccc(ON)c2c1. The molecule has 4 nitrogen and oxygen atoms in total. The van der Waals surface area contributed by atoms with Crippen LogP contribution in [0.15, 0.2) is 30.5 Å². The Bertz CT molecular complexity index is 482.